The van der Waals surface area contributed by atoms with E-state index >= 15 is 0 Å². The fourth-order valence-electron chi connectivity index (χ4n) is 1.78. The molecule has 96 valence electrons. The van der Waals surface area contributed by atoms with Crippen molar-refractivity contribution < 1.29 is 9.59 Å². The molecule has 0 unspecified atom stereocenters. The molecule has 1 fully saturated rings. The topological polar surface area (TPSA) is 49.4 Å². The highest BCUT2D eigenvalue weighted by Crippen LogP contribution is 2.23. The number of nitrogens with zero attached hydrogens (tertiary/aromatic N) is 1. The summed E-state index contributed by atoms with van der Waals surface area (Å²) in [7, 11) is 0. The van der Waals surface area contributed by atoms with Crippen LogP contribution in [0, 0.1) is 0 Å². The molecule has 4 nitrogen and oxygen atoms in total. The Balaban J connectivity index is 2.14. The van der Waals surface area contributed by atoms with Gasteiger partial charge in [0, 0.05) is 31.6 Å². The summed E-state index contributed by atoms with van der Waals surface area (Å²) in [6, 6.07) is 4.78. The van der Waals surface area contributed by atoms with Crippen molar-refractivity contribution in [1.82, 2.24) is 10.2 Å². The Morgan fingerprint density at radius 2 is 2.00 bits per heavy atom. The van der Waals surface area contributed by atoms with E-state index in [0.29, 0.717) is 41.7 Å². The van der Waals surface area contributed by atoms with Gasteiger partial charge in [-0.1, -0.05) is 23.2 Å². The largest absolute Gasteiger partial charge is 0.354 e. The van der Waals surface area contributed by atoms with Crippen LogP contribution in [0.25, 0.3) is 0 Å². The third-order valence-electron chi connectivity index (χ3n) is 2.77. The van der Waals surface area contributed by atoms with Gasteiger partial charge in [0.25, 0.3) is 5.91 Å². The molecular weight excluding hydrogens is 275 g/mol. The lowest BCUT2D eigenvalue weighted by Gasteiger charge is -2.19. The minimum Gasteiger partial charge on any atom is -0.354 e. The summed E-state index contributed by atoms with van der Waals surface area (Å²) in [6.45, 7) is 1.40. The second kappa shape index (κ2) is 5.59. The molecule has 2 amide bonds. The quantitative estimate of drug-likeness (QED) is 0.858. The summed E-state index contributed by atoms with van der Waals surface area (Å²) in [4.78, 5) is 25.0. The van der Waals surface area contributed by atoms with Crippen molar-refractivity contribution in [3.05, 3.63) is 33.8 Å². The van der Waals surface area contributed by atoms with Gasteiger partial charge in [0.2, 0.25) is 5.91 Å². The molecule has 18 heavy (non-hydrogen) atoms. The SMILES string of the molecule is O=C1CCN(C(=O)c2ccc(Cl)c(Cl)c2)CCN1. The van der Waals surface area contributed by atoms with Crippen LogP contribution in [-0.4, -0.2) is 36.3 Å². The second-order valence-electron chi connectivity index (χ2n) is 4.02. The molecule has 1 aliphatic rings. The normalized spacial score (nSPS) is 16.1. The van der Waals surface area contributed by atoms with E-state index in [1.54, 1.807) is 23.1 Å². The Hall–Kier alpha value is -1.26. The predicted octanol–water partition coefficient (Wildman–Crippen LogP) is 1.96. The zero-order chi connectivity index (χ0) is 13.1. The van der Waals surface area contributed by atoms with E-state index in [0.717, 1.165) is 0 Å². The van der Waals surface area contributed by atoms with E-state index in [1.165, 1.54) is 0 Å². The molecule has 0 atom stereocenters. The molecule has 0 bridgehead atoms. The Bertz CT molecular complexity index is 491. The van der Waals surface area contributed by atoms with Gasteiger partial charge in [-0.25, -0.2) is 0 Å². The molecule has 0 saturated carbocycles. The number of nitrogens with one attached hydrogen (secondary N) is 1. The van der Waals surface area contributed by atoms with Crippen LogP contribution >= 0.6 is 23.2 Å². The minimum absolute atomic E-state index is 0.0283. The standard InChI is InChI=1S/C12H12Cl2N2O2/c13-9-2-1-8(7-10(9)14)12(18)16-5-3-11(17)15-4-6-16/h1-2,7H,3-6H2,(H,15,17). The summed E-state index contributed by atoms with van der Waals surface area (Å²) >= 11 is 11.7. The maximum absolute atomic E-state index is 12.2. The van der Waals surface area contributed by atoms with Crippen molar-refractivity contribution in [1.29, 1.82) is 0 Å². The third-order valence-corrected chi connectivity index (χ3v) is 3.51. The number of hydrogen-bond acceptors (Lipinski definition) is 2. The summed E-state index contributed by atoms with van der Waals surface area (Å²) in [5.41, 5.74) is 0.485. The smallest absolute Gasteiger partial charge is 0.253 e. The Morgan fingerprint density at radius 3 is 2.72 bits per heavy atom. The van der Waals surface area contributed by atoms with Gasteiger partial charge in [-0.3, -0.25) is 9.59 Å². The van der Waals surface area contributed by atoms with E-state index in [1.807, 2.05) is 0 Å². The van der Waals surface area contributed by atoms with Crippen LogP contribution in [0.3, 0.4) is 0 Å². The van der Waals surface area contributed by atoms with Crippen LogP contribution in [0.1, 0.15) is 16.8 Å². The first-order valence-electron chi connectivity index (χ1n) is 5.59. The third kappa shape index (κ3) is 2.94. The van der Waals surface area contributed by atoms with Crippen molar-refractivity contribution in [2.75, 3.05) is 19.6 Å². The van der Waals surface area contributed by atoms with Crippen LogP contribution in [0.4, 0.5) is 0 Å². The summed E-state index contributed by atoms with van der Waals surface area (Å²) < 4.78 is 0. The average molecular weight is 287 g/mol. The predicted molar refractivity (Wildman–Crippen MR) is 70.0 cm³/mol. The lowest BCUT2D eigenvalue weighted by Crippen LogP contribution is -2.34. The molecular formula is C12H12Cl2N2O2. The summed E-state index contributed by atoms with van der Waals surface area (Å²) in [5.74, 6) is -0.162. The highest BCUT2D eigenvalue weighted by molar-refractivity contribution is 6.42. The van der Waals surface area contributed by atoms with Crippen molar-refractivity contribution in [3.63, 3.8) is 0 Å². The molecule has 1 saturated heterocycles. The summed E-state index contributed by atoms with van der Waals surface area (Å²) in [5, 5.41) is 3.49. The van der Waals surface area contributed by atoms with E-state index in [2.05, 4.69) is 5.32 Å². The molecule has 0 aliphatic carbocycles. The van der Waals surface area contributed by atoms with Crippen molar-refractivity contribution >= 4 is 35.0 Å². The fraction of sp³-hybridized carbons (Fsp3) is 0.333. The van der Waals surface area contributed by atoms with Gasteiger partial charge < -0.3 is 10.2 Å². The molecule has 0 spiro atoms. The van der Waals surface area contributed by atoms with Gasteiger partial charge in [-0.05, 0) is 18.2 Å². The van der Waals surface area contributed by atoms with Crippen molar-refractivity contribution in [2.45, 2.75) is 6.42 Å². The molecule has 1 aromatic rings. The Labute approximate surface area is 115 Å². The van der Waals surface area contributed by atoms with Crippen molar-refractivity contribution in [2.24, 2.45) is 0 Å². The number of halogens is 2. The molecule has 2 rings (SSSR count). The first-order valence-corrected chi connectivity index (χ1v) is 6.34. The number of amides is 2. The summed E-state index contributed by atoms with van der Waals surface area (Å²) in [6.07, 6.45) is 0.326. The van der Waals surface area contributed by atoms with E-state index in [-0.39, 0.29) is 11.8 Å². The van der Waals surface area contributed by atoms with Crippen LogP contribution in [-0.2, 0) is 4.79 Å². The fourth-order valence-corrected chi connectivity index (χ4v) is 2.08. The molecule has 1 aliphatic heterocycles. The number of carbonyl (C=O) groups is 2. The molecule has 1 aromatic carbocycles. The van der Waals surface area contributed by atoms with E-state index in [4.69, 9.17) is 23.2 Å². The van der Waals surface area contributed by atoms with Gasteiger partial charge >= 0.3 is 0 Å². The minimum atomic E-state index is -0.134. The van der Waals surface area contributed by atoms with Gasteiger partial charge in [0.1, 0.15) is 0 Å². The number of rotatable bonds is 1. The van der Waals surface area contributed by atoms with Crippen LogP contribution in [0.15, 0.2) is 18.2 Å². The highest BCUT2D eigenvalue weighted by atomic mass is 35.5. The maximum atomic E-state index is 12.2. The van der Waals surface area contributed by atoms with E-state index < -0.39 is 0 Å². The Morgan fingerprint density at radius 1 is 1.22 bits per heavy atom. The first-order chi connectivity index (χ1) is 8.58. The molecule has 0 radical (unpaired) electrons. The van der Waals surface area contributed by atoms with Gasteiger partial charge in [-0.15, -0.1) is 0 Å². The second-order valence-corrected chi connectivity index (χ2v) is 4.84. The van der Waals surface area contributed by atoms with Crippen LogP contribution in [0.2, 0.25) is 10.0 Å². The van der Waals surface area contributed by atoms with Crippen LogP contribution in [0.5, 0.6) is 0 Å². The van der Waals surface area contributed by atoms with Crippen molar-refractivity contribution in [3.8, 4) is 0 Å². The average Bonchev–Trinajstić information content (AvgIpc) is 2.57. The first kappa shape index (κ1) is 13.2. The van der Waals surface area contributed by atoms with Gasteiger partial charge in [0.05, 0.1) is 10.0 Å². The lowest BCUT2D eigenvalue weighted by atomic mass is 10.2. The lowest BCUT2D eigenvalue weighted by molar-refractivity contribution is -0.120. The number of benzene rings is 1. The molecule has 1 N–H and O–H groups in total. The molecule has 1 heterocycles. The highest BCUT2D eigenvalue weighted by Gasteiger charge is 2.20. The molecule has 6 heteroatoms. The number of carbonyl (C=O) groups excluding carboxylic acids is 2. The van der Waals surface area contributed by atoms with Gasteiger partial charge in [0.15, 0.2) is 0 Å². The van der Waals surface area contributed by atoms with Crippen LogP contribution < -0.4 is 5.32 Å². The van der Waals surface area contributed by atoms with E-state index in [9.17, 15) is 9.59 Å². The zero-order valence-corrected chi connectivity index (χ0v) is 11.1. The zero-order valence-electron chi connectivity index (χ0n) is 9.58. The molecule has 0 aromatic heterocycles. The number of hydrogen-bond donors (Lipinski definition) is 1. The monoisotopic (exact) mass is 286 g/mol. The maximum Gasteiger partial charge on any atom is 0.253 e. The van der Waals surface area contributed by atoms with Gasteiger partial charge in [-0.2, -0.15) is 0 Å². The Kier molecular flexibility index (Phi) is 4.09.